The Kier molecular flexibility index (Phi) is 32.3. The molecule has 312 valence electrons. The smallest absolute Gasteiger partial charge is 0.243 e. The van der Waals surface area contributed by atoms with Gasteiger partial charge in [-0.15, -0.1) is 0 Å². The average Bonchev–Trinajstić information content (AvgIpc) is 3.12. The van der Waals surface area contributed by atoms with Crippen LogP contribution in [-0.2, 0) is 38.4 Å². The Labute approximate surface area is 330 Å². The molecule has 0 aliphatic carbocycles. The molecule has 0 bridgehead atoms. The number of ketones is 2. The fourth-order valence-electron chi connectivity index (χ4n) is 4.56. The van der Waals surface area contributed by atoms with Gasteiger partial charge in [0.1, 0.15) is 23.7 Å². The number of nitrogens with one attached hydrogen (secondary N) is 9. The monoisotopic (exact) mass is 807 g/mol. The Morgan fingerprint density at radius 2 is 1.00 bits per heavy atom. The summed E-state index contributed by atoms with van der Waals surface area (Å²) < 4.78 is 0. The molecular weight excluding hydrogens is 743 g/mol. The van der Waals surface area contributed by atoms with E-state index in [9.17, 15) is 38.4 Å². The van der Waals surface area contributed by atoms with Crippen molar-refractivity contribution in [1.82, 2.24) is 48.0 Å². The van der Waals surface area contributed by atoms with Crippen molar-refractivity contribution in [3.8, 4) is 0 Å². The van der Waals surface area contributed by atoms with Crippen molar-refractivity contribution in [2.24, 2.45) is 11.6 Å². The van der Waals surface area contributed by atoms with Crippen molar-refractivity contribution in [2.45, 2.75) is 102 Å². The van der Waals surface area contributed by atoms with Crippen molar-refractivity contribution in [2.75, 3.05) is 58.3 Å². The highest BCUT2D eigenvalue weighted by Gasteiger charge is 2.21. The Bertz CT molecular complexity index is 1170. The molecule has 0 spiro atoms. The largest absolute Gasteiger partial charge is 0.355 e. The first-order valence-corrected chi connectivity index (χ1v) is 19.3. The molecular formula is C33H65N11O8S2. The number of hydrogen-bond acceptors (Lipinski definition) is 15. The van der Waals surface area contributed by atoms with E-state index in [1.165, 1.54) is 6.92 Å². The van der Waals surface area contributed by atoms with Crippen molar-refractivity contribution < 1.29 is 38.4 Å². The fraction of sp³-hybridized carbons (Fsp3) is 0.758. The zero-order chi connectivity index (χ0) is 41.5. The quantitative estimate of drug-likeness (QED) is 0.0152. The second kappa shape index (κ2) is 33.0. The minimum Gasteiger partial charge on any atom is -0.355 e. The Morgan fingerprint density at radius 1 is 0.556 bits per heavy atom. The second-order valence-electron chi connectivity index (χ2n) is 12.5. The van der Waals surface area contributed by atoms with Gasteiger partial charge in [0.25, 0.3) is 0 Å². The molecule has 0 fully saturated rings. The summed E-state index contributed by atoms with van der Waals surface area (Å²) in [5.74, 6) is 3.10. The number of Topliss-reactive ketones (excluding diaryl/α,β-unsaturated/α-hetero) is 2. The molecule has 13 N–H and O–H groups in total. The molecule has 0 heterocycles. The van der Waals surface area contributed by atoms with E-state index in [1.54, 1.807) is 27.9 Å². The minimum atomic E-state index is -0.804. The normalized spacial score (nSPS) is 13.4. The number of likely N-dealkylation sites (N-methyl/N-ethyl adjacent to an activating group) is 2. The van der Waals surface area contributed by atoms with Crippen molar-refractivity contribution >= 4 is 72.3 Å². The summed E-state index contributed by atoms with van der Waals surface area (Å²) in [6.07, 6.45) is 5.20. The molecule has 21 heteroatoms. The maximum Gasteiger partial charge on any atom is 0.243 e. The van der Waals surface area contributed by atoms with Crippen molar-refractivity contribution in [3.05, 3.63) is 0 Å². The molecule has 19 nitrogen and oxygen atoms in total. The number of carbonyl (C=O) groups is 8. The van der Waals surface area contributed by atoms with Gasteiger partial charge in [0.05, 0.1) is 31.7 Å². The molecule has 0 aromatic rings. The predicted molar refractivity (Wildman–Crippen MR) is 213 cm³/mol. The highest BCUT2D eigenvalue weighted by atomic mass is 32.1. The van der Waals surface area contributed by atoms with E-state index in [1.807, 2.05) is 0 Å². The van der Waals surface area contributed by atoms with Gasteiger partial charge in [-0.2, -0.15) is 25.3 Å². The number of unbranched alkanes of at least 4 members (excludes halogenated alkanes) is 2. The van der Waals surface area contributed by atoms with E-state index in [-0.39, 0.29) is 85.0 Å². The Hall–Kier alpha value is -3.34. The van der Waals surface area contributed by atoms with E-state index >= 15 is 0 Å². The SMILES string of the molecule is CNC(CCCCNC(=O)C(CS)NC(=O)CNC(=O)CNN)C(C)=O.CNC(CCCCNC(=O)CNC(=O)C(CS)NC(=O)CCC(C)N)C(C)=O. The molecule has 0 aliphatic rings. The van der Waals surface area contributed by atoms with Crippen LogP contribution in [0, 0.1) is 0 Å². The lowest BCUT2D eigenvalue weighted by Gasteiger charge is -2.17. The van der Waals surface area contributed by atoms with Crippen LogP contribution in [0.15, 0.2) is 0 Å². The molecule has 0 rings (SSSR count). The van der Waals surface area contributed by atoms with E-state index in [4.69, 9.17) is 11.6 Å². The van der Waals surface area contributed by atoms with Gasteiger partial charge in [-0.3, -0.25) is 49.6 Å². The standard InChI is InChI=1S/C18H35N5O4S.C15H30N6O4S/c1-12(19)7-8-16(25)23-15(11-28)18(27)22-10-17(26)21-9-5-4-6-14(20-3)13(2)24;1-10(22)11(17-2)5-3-4-6-18-15(25)12(9-26)21-14(24)7-19-13(23)8-20-16/h12,14-15,20,28H,4-11,19H2,1-3H3,(H,21,26)(H,22,27)(H,23,25);11-12,17,20,26H,3-9,16H2,1-2H3,(H,18,25)(H,19,23)(H,21,24). The molecule has 6 amide bonds. The topological polar surface area (TPSA) is 297 Å². The van der Waals surface area contributed by atoms with Crippen LogP contribution in [0.2, 0.25) is 0 Å². The maximum absolute atomic E-state index is 12.1. The predicted octanol–water partition coefficient (Wildman–Crippen LogP) is -3.45. The Morgan fingerprint density at radius 3 is 1.44 bits per heavy atom. The van der Waals surface area contributed by atoms with Gasteiger partial charge in [0, 0.05) is 37.1 Å². The van der Waals surface area contributed by atoms with Crippen molar-refractivity contribution in [1.29, 1.82) is 0 Å². The number of amides is 6. The molecule has 0 radical (unpaired) electrons. The average molecular weight is 808 g/mol. The zero-order valence-corrected chi connectivity index (χ0v) is 34.1. The third kappa shape index (κ3) is 28.2. The summed E-state index contributed by atoms with van der Waals surface area (Å²) >= 11 is 8.13. The molecule has 5 unspecified atom stereocenters. The zero-order valence-electron chi connectivity index (χ0n) is 32.3. The van der Waals surface area contributed by atoms with Gasteiger partial charge >= 0.3 is 0 Å². The van der Waals surface area contributed by atoms with E-state index in [0.29, 0.717) is 38.8 Å². The number of nitrogens with two attached hydrogens (primary N) is 2. The van der Waals surface area contributed by atoms with Crippen LogP contribution in [0.5, 0.6) is 0 Å². The van der Waals surface area contributed by atoms with Gasteiger partial charge < -0.3 is 48.3 Å². The summed E-state index contributed by atoms with van der Waals surface area (Å²) in [5.41, 5.74) is 7.77. The summed E-state index contributed by atoms with van der Waals surface area (Å²) in [6, 6.07) is -2.01. The number of rotatable bonds is 29. The summed E-state index contributed by atoms with van der Waals surface area (Å²) in [7, 11) is 3.48. The molecule has 54 heavy (non-hydrogen) atoms. The fourth-order valence-corrected chi connectivity index (χ4v) is 5.07. The van der Waals surface area contributed by atoms with Gasteiger partial charge in [-0.25, -0.2) is 0 Å². The van der Waals surface area contributed by atoms with Gasteiger partial charge in [0.15, 0.2) is 0 Å². The third-order valence-electron chi connectivity index (χ3n) is 7.77. The first-order valence-electron chi connectivity index (χ1n) is 18.0. The van der Waals surface area contributed by atoms with E-state index in [0.717, 1.165) is 19.3 Å². The summed E-state index contributed by atoms with van der Waals surface area (Å²) in [4.78, 5) is 93.3. The van der Waals surface area contributed by atoms with Crippen LogP contribution in [0.4, 0.5) is 0 Å². The third-order valence-corrected chi connectivity index (χ3v) is 8.50. The number of thiol groups is 2. The van der Waals surface area contributed by atoms with Gasteiger partial charge in [-0.1, -0.05) is 0 Å². The van der Waals surface area contributed by atoms with E-state index in [2.05, 4.69) is 73.2 Å². The van der Waals surface area contributed by atoms with Gasteiger partial charge in [-0.05, 0) is 79.8 Å². The number of hydrazine groups is 1. The van der Waals surface area contributed by atoms with Crippen molar-refractivity contribution in [3.63, 3.8) is 0 Å². The summed E-state index contributed by atoms with van der Waals surface area (Å²) in [6.45, 7) is 5.25. The van der Waals surface area contributed by atoms with Crippen LogP contribution in [0.3, 0.4) is 0 Å². The second-order valence-corrected chi connectivity index (χ2v) is 13.3. The highest BCUT2D eigenvalue weighted by Crippen LogP contribution is 2.02. The first-order chi connectivity index (χ1) is 25.6. The lowest BCUT2D eigenvalue weighted by Crippen LogP contribution is -2.51. The minimum absolute atomic E-state index is 0.0868. The molecule has 0 saturated heterocycles. The Balaban J connectivity index is 0. The summed E-state index contributed by atoms with van der Waals surface area (Å²) in [5, 5.41) is 21.3. The first kappa shape index (κ1) is 52.8. The van der Waals surface area contributed by atoms with Crippen LogP contribution >= 0.6 is 25.3 Å². The molecule has 5 atom stereocenters. The van der Waals surface area contributed by atoms with Gasteiger partial charge in [0.2, 0.25) is 35.4 Å². The number of carbonyl (C=O) groups excluding carboxylic acids is 8. The molecule has 0 saturated carbocycles. The maximum atomic E-state index is 12.1. The number of hydrogen-bond donors (Lipinski definition) is 13. The molecule has 0 aromatic heterocycles. The molecule has 0 aliphatic heterocycles. The lowest BCUT2D eigenvalue weighted by atomic mass is 10.1. The van der Waals surface area contributed by atoms with E-state index < -0.39 is 29.8 Å². The lowest BCUT2D eigenvalue weighted by molar-refractivity contribution is -0.129. The highest BCUT2D eigenvalue weighted by molar-refractivity contribution is 7.80. The van der Waals surface area contributed by atoms with Crippen LogP contribution < -0.4 is 59.5 Å². The molecule has 0 aromatic carbocycles. The van der Waals surface area contributed by atoms with Crippen LogP contribution in [-0.4, -0.2) is 136 Å². The van der Waals surface area contributed by atoms with Crippen LogP contribution in [0.25, 0.3) is 0 Å². The van der Waals surface area contributed by atoms with Crippen LogP contribution in [0.1, 0.15) is 72.1 Å².